The van der Waals surface area contributed by atoms with Gasteiger partial charge in [0.2, 0.25) is 0 Å². The molecule has 0 unspecified atom stereocenters. The molecule has 0 bridgehead atoms. The number of aliphatic imine (C=N–C) groups is 1. The lowest BCUT2D eigenvalue weighted by molar-refractivity contribution is -0.113. The summed E-state index contributed by atoms with van der Waals surface area (Å²) >= 11 is 4.57. The number of amides is 1. The summed E-state index contributed by atoms with van der Waals surface area (Å²) in [6.07, 6.45) is 1.71. The number of rotatable bonds is 3. The van der Waals surface area contributed by atoms with E-state index in [1.807, 2.05) is 0 Å². The Morgan fingerprint density at radius 2 is 1.95 bits per heavy atom. The maximum absolute atomic E-state index is 11.6. The summed E-state index contributed by atoms with van der Waals surface area (Å²) in [6, 6.07) is 3.55. The summed E-state index contributed by atoms with van der Waals surface area (Å²) in [4.78, 5) is 15.7. The third-order valence-corrected chi connectivity index (χ3v) is 3.93. The number of nitrogens with zero attached hydrogens (tertiary/aromatic N) is 1. The molecule has 0 aromatic heterocycles. The van der Waals surface area contributed by atoms with Gasteiger partial charge in [0.1, 0.15) is 0 Å². The molecule has 0 saturated carbocycles. The Balaban J connectivity index is 2.41. The smallest absolute Gasteiger partial charge is 0.286 e. The van der Waals surface area contributed by atoms with Gasteiger partial charge in [-0.25, -0.2) is 0 Å². The first-order chi connectivity index (χ1) is 9.05. The van der Waals surface area contributed by atoms with E-state index in [2.05, 4.69) is 20.9 Å². The molecule has 100 valence electrons. The molecule has 1 heterocycles. The number of hydrogen-bond donors (Lipinski definition) is 1. The molecule has 1 aliphatic rings. The summed E-state index contributed by atoms with van der Waals surface area (Å²) in [5.41, 5.74) is 6.29. The third kappa shape index (κ3) is 2.93. The summed E-state index contributed by atoms with van der Waals surface area (Å²) < 4.78 is 11.2. The first-order valence-corrected chi connectivity index (χ1v) is 6.85. The van der Waals surface area contributed by atoms with E-state index in [4.69, 9.17) is 15.2 Å². The van der Waals surface area contributed by atoms with Crippen LogP contribution in [0.15, 0.2) is 26.5 Å². The van der Waals surface area contributed by atoms with Crippen LogP contribution < -0.4 is 15.2 Å². The zero-order valence-corrected chi connectivity index (χ0v) is 12.7. The molecule has 2 N–H and O–H groups in total. The van der Waals surface area contributed by atoms with Gasteiger partial charge in [-0.3, -0.25) is 4.79 Å². The maximum atomic E-state index is 11.6. The number of amidine groups is 1. The van der Waals surface area contributed by atoms with Crippen molar-refractivity contribution in [2.24, 2.45) is 10.7 Å². The summed E-state index contributed by atoms with van der Waals surface area (Å²) in [5.74, 6) is 0.865. The number of carbonyl (C=O) groups is 1. The van der Waals surface area contributed by atoms with Crippen molar-refractivity contribution in [1.82, 2.24) is 0 Å². The molecule has 2 rings (SSSR count). The molecule has 0 radical (unpaired) electrons. The van der Waals surface area contributed by atoms with Crippen molar-refractivity contribution in [1.29, 1.82) is 0 Å². The Hall–Kier alpha value is -1.47. The second-order valence-electron chi connectivity index (χ2n) is 3.59. The predicted molar refractivity (Wildman–Crippen MR) is 79.4 cm³/mol. The largest absolute Gasteiger partial charge is 0.493 e. The van der Waals surface area contributed by atoms with Crippen molar-refractivity contribution in [3.63, 3.8) is 0 Å². The lowest BCUT2D eigenvalue weighted by Gasteiger charge is -2.10. The fourth-order valence-electron chi connectivity index (χ4n) is 1.55. The molecule has 0 saturated heterocycles. The van der Waals surface area contributed by atoms with Crippen molar-refractivity contribution < 1.29 is 14.3 Å². The first kappa shape index (κ1) is 14.0. The fraction of sp³-hybridized carbons (Fsp3) is 0.167. The van der Waals surface area contributed by atoms with E-state index in [-0.39, 0.29) is 11.1 Å². The molecule has 0 aliphatic carbocycles. The molecule has 0 atom stereocenters. The number of methoxy groups -OCH3 is 2. The third-order valence-electron chi connectivity index (χ3n) is 2.43. The van der Waals surface area contributed by atoms with Gasteiger partial charge in [-0.05, 0) is 35.5 Å². The zero-order valence-electron chi connectivity index (χ0n) is 10.3. The van der Waals surface area contributed by atoms with Crippen molar-refractivity contribution >= 4 is 44.8 Å². The highest BCUT2D eigenvalue weighted by Crippen LogP contribution is 2.36. The Morgan fingerprint density at radius 3 is 2.47 bits per heavy atom. The van der Waals surface area contributed by atoms with Crippen molar-refractivity contribution in [3.8, 4) is 11.5 Å². The van der Waals surface area contributed by atoms with Crippen LogP contribution in [0, 0.1) is 0 Å². The van der Waals surface area contributed by atoms with Crippen LogP contribution in [0.3, 0.4) is 0 Å². The molecule has 1 aliphatic heterocycles. The minimum atomic E-state index is -0.329. The van der Waals surface area contributed by atoms with Gasteiger partial charge in [0.15, 0.2) is 16.7 Å². The Kier molecular flexibility index (Phi) is 4.16. The second-order valence-corrected chi connectivity index (χ2v) is 5.51. The normalized spacial score (nSPS) is 16.7. The minimum absolute atomic E-state index is 0.257. The first-order valence-electron chi connectivity index (χ1n) is 5.24. The van der Waals surface area contributed by atoms with E-state index < -0.39 is 0 Å². The summed E-state index contributed by atoms with van der Waals surface area (Å²) in [7, 11) is 3.12. The average Bonchev–Trinajstić information content (AvgIpc) is 2.69. The van der Waals surface area contributed by atoms with E-state index in [0.29, 0.717) is 16.4 Å². The van der Waals surface area contributed by atoms with Crippen molar-refractivity contribution in [3.05, 3.63) is 27.1 Å². The Labute approximate surface area is 123 Å². The molecule has 19 heavy (non-hydrogen) atoms. The number of ether oxygens (including phenoxy) is 2. The van der Waals surface area contributed by atoms with Crippen LogP contribution in [0.2, 0.25) is 0 Å². The lowest BCUT2D eigenvalue weighted by atomic mass is 10.2. The van der Waals surface area contributed by atoms with Gasteiger partial charge in [0.25, 0.3) is 5.91 Å². The number of halogens is 1. The van der Waals surface area contributed by atoms with Crippen LogP contribution >= 0.6 is 27.7 Å². The van der Waals surface area contributed by atoms with Crippen LogP contribution in [-0.2, 0) is 4.79 Å². The van der Waals surface area contributed by atoms with Gasteiger partial charge in [-0.1, -0.05) is 15.9 Å². The van der Waals surface area contributed by atoms with E-state index in [1.165, 1.54) is 0 Å². The van der Waals surface area contributed by atoms with Gasteiger partial charge < -0.3 is 15.2 Å². The van der Waals surface area contributed by atoms with Gasteiger partial charge in [0.05, 0.1) is 19.1 Å². The van der Waals surface area contributed by atoms with Crippen LogP contribution in [0.25, 0.3) is 6.08 Å². The Bertz CT molecular complexity index is 599. The molecule has 0 fully saturated rings. The molecule has 1 aromatic rings. The van der Waals surface area contributed by atoms with E-state index in [9.17, 15) is 4.79 Å². The highest BCUT2D eigenvalue weighted by atomic mass is 79.9. The van der Waals surface area contributed by atoms with E-state index >= 15 is 0 Å². The zero-order chi connectivity index (χ0) is 14.0. The average molecular weight is 343 g/mol. The molecule has 1 aromatic carbocycles. The predicted octanol–water partition coefficient (Wildman–Crippen LogP) is 2.40. The topological polar surface area (TPSA) is 73.9 Å². The van der Waals surface area contributed by atoms with Gasteiger partial charge in [-0.2, -0.15) is 4.99 Å². The van der Waals surface area contributed by atoms with Crippen LogP contribution in [0.4, 0.5) is 0 Å². The highest BCUT2D eigenvalue weighted by Gasteiger charge is 2.20. The lowest BCUT2D eigenvalue weighted by Crippen LogP contribution is -2.01. The van der Waals surface area contributed by atoms with Gasteiger partial charge in [-0.15, -0.1) is 0 Å². The molecule has 0 spiro atoms. The molecular formula is C12H11BrN2O3S. The van der Waals surface area contributed by atoms with Crippen LogP contribution in [0.1, 0.15) is 5.56 Å². The minimum Gasteiger partial charge on any atom is -0.493 e. The molecular weight excluding hydrogens is 332 g/mol. The summed E-state index contributed by atoms with van der Waals surface area (Å²) in [6.45, 7) is 0. The number of nitrogens with two attached hydrogens (primary N) is 1. The fourth-order valence-corrected chi connectivity index (χ4v) is 2.66. The van der Waals surface area contributed by atoms with E-state index in [0.717, 1.165) is 21.8 Å². The van der Waals surface area contributed by atoms with Crippen LogP contribution in [-0.4, -0.2) is 25.3 Å². The molecule has 1 amide bonds. The number of thioether (sulfide) groups is 1. The standard InChI is InChI=1S/C12H11BrN2O3S/c1-17-8-3-6(7(13)5-9(8)18-2)4-10-11(16)15-12(14)19-10/h3-5H,1-2H3,(H2,14,15,16). The number of benzene rings is 1. The summed E-state index contributed by atoms with van der Waals surface area (Å²) in [5, 5.41) is 0.257. The SMILES string of the molecule is COc1cc(Br)c(C=C2SC(N)=NC2=O)cc1OC. The number of hydrogen-bond acceptors (Lipinski definition) is 5. The van der Waals surface area contributed by atoms with Gasteiger partial charge >= 0.3 is 0 Å². The Morgan fingerprint density at radius 1 is 1.32 bits per heavy atom. The van der Waals surface area contributed by atoms with Crippen molar-refractivity contribution in [2.75, 3.05) is 14.2 Å². The highest BCUT2D eigenvalue weighted by molar-refractivity contribution is 9.10. The second kappa shape index (κ2) is 5.66. The monoisotopic (exact) mass is 342 g/mol. The van der Waals surface area contributed by atoms with Gasteiger partial charge in [0, 0.05) is 4.47 Å². The van der Waals surface area contributed by atoms with Crippen LogP contribution in [0.5, 0.6) is 11.5 Å². The molecule has 7 heteroatoms. The number of carbonyl (C=O) groups excluding carboxylic acids is 1. The maximum Gasteiger partial charge on any atom is 0.286 e. The van der Waals surface area contributed by atoms with E-state index in [1.54, 1.807) is 32.4 Å². The quantitative estimate of drug-likeness (QED) is 0.853. The van der Waals surface area contributed by atoms with Crippen molar-refractivity contribution in [2.45, 2.75) is 0 Å². The molecule has 5 nitrogen and oxygen atoms in total.